The molecule has 0 radical (unpaired) electrons. The fraction of sp³-hybridized carbons (Fsp3) is 0.176. The van der Waals surface area contributed by atoms with Crippen LogP contribution in [0.4, 0.5) is 5.69 Å². The molecule has 2 aromatic carbocycles. The Hall–Kier alpha value is -2.62. The van der Waals surface area contributed by atoms with E-state index in [-0.39, 0.29) is 11.8 Å². The molecule has 2 amide bonds. The van der Waals surface area contributed by atoms with Crippen molar-refractivity contribution in [1.82, 2.24) is 5.32 Å². The monoisotopic (exact) mass is 280 g/mol. The maximum atomic E-state index is 11.6. The van der Waals surface area contributed by atoms with Gasteiger partial charge in [-0.1, -0.05) is 18.2 Å². The van der Waals surface area contributed by atoms with Gasteiger partial charge in [-0.15, -0.1) is 0 Å². The van der Waals surface area contributed by atoms with E-state index in [4.69, 9.17) is 0 Å². The van der Waals surface area contributed by atoms with Gasteiger partial charge in [0.2, 0.25) is 0 Å². The molecule has 1 aliphatic heterocycles. The predicted molar refractivity (Wildman–Crippen MR) is 81.5 cm³/mol. The maximum Gasteiger partial charge on any atom is 0.259 e. The lowest BCUT2D eigenvalue weighted by Crippen LogP contribution is -2.19. The van der Waals surface area contributed by atoms with Gasteiger partial charge in [-0.25, -0.2) is 0 Å². The Morgan fingerprint density at radius 2 is 1.76 bits per heavy atom. The van der Waals surface area contributed by atoms with Crippen molar-refractivity contribution in [2.75, 3.05) is 5.32 Å². The maximum absolute atomic E-state index is 11.6. The van der Waals surface area contributed by atoms with E-state index < -0.39 is 0 Å². The van der Waals surface area contributed by atoms with Crippen LogP contribution in [0.1, 0.15) is 37.4 Å². The van der Waals surface area contributed by atoms with E-state index in [0.29, 0.717) is 17.7 Å². The molecule has 0 atom stereocenters. The second-order valence-electron chi connectivity index (χ2n) is 5.26. The van der Waals surface area contributed by atoms with Crippen molar-refractivity contribution in [2.45, 2.75) is 20.4 Å². The summed E-state index contributed by atoms with van der Waals surface area (Å²) in [6.07, 6.45) is 0. The van der Waals surface area contributed by atoms with E-state index in [9.17, 15) is 9.59 Å². The van der Waals surface area contributed by atoms with Crippen molar-refractivity contribution in [3.05, 3.63) is 64.2 Å². The van der Waals surface area contributed by atoms with Crippen LogP contribution in [0.15, 0.2) is 36.4 Å². The zero-order chi connectivity index (χ0) is 15.0. The first-order chi connectivity index (χ1) is 10.1. The molecule has 0 saturated heterocycles. The first-order valence-corrected chi connectivity index (χ1v) is 6.85. The number of nitrogens with one attached hydrogen (secondary N) is 2. The molecule has 0 saturated carbocycles. The summed E-state index contributed by atoms with van der Waals surface area (Å²) in [5.41, 5.74) is 5.45. The smallest absolute Gasteiger partial charge is 0.259 e. The highest BCUT2D eigenvalue weighted by atomic mass is 16.2. The zero-order valence-electron chi connectivity index (χ0n) is 12.0. The number of amides is 2. The number of imide groups is 1. The quantitative estimate of drug-likeness (QED) is 0.850. The average Bonchev–Trinajstić information content (AvgIpc) is 2.75. The largest absolute Gasteiger partial charge is 0.381 e. The third-order valence-electron chi connectivity index (χ3n) is 3.94. The van der Waals surface area contributed by atoms with Gasteiger partial charge in [-0.05, 0) is 48.7 Å². The average molecular weight is 280 g/mol. The molecule has 0 fully saturated rings. The molecule has 3 rings (SSSR count). The molecular formula is C17H16N2O2. The van der Waals surface area contributed by atoms with E-state index in [0.717, 1.165) is 5.69 Å². The molecule has 4 heteroatoms. The van der Waals surface area contributed by atoms with Gasteiger partial charge in [-0.3, -0.25) is 14.9 Å². The number of rotatable bonds is 3. The number of fused-ring (bicyclic) bond motifs is 1. The normalized spacial score (nSPS) is 13.0. The Morgan fingerprint density at radius 3 is 2.57 bits per heavy atom. The number of aryl methyl sites for hydroxylation is 1. The fourth-order valence-electron chi connectivity index (χ4n) is 2.48. The Labute approximate surface area is 123 Å². The third kappa shape index (κ3) is 2.40. The topological polar surface area (TPSA) is 58.2 Å². The lowest BCUT2D eigenvalue weighted by molar-refractivity contribution is 0.0879. The molecule has 0 aliphatic carbocycles. The highest BCUT2D eigenvalue weighted by Crippen LogP contribution is 2.21. The number of carbonyl (C=O) groups is 2. The first-order valence-electron chi connectivity index (χ1n) is 6.85. The van der Waals surface area contributed by atoms with Crippen molar-refractivity contribution in [2.24, 2.45) is 0 Å². The second-order valence-corrected chi connectivity index (χ2v) is 5.26. The van der Waals surface area contributed by atoms with Gasteiger partial charge in [0.05, 0.1) is 11.1 Å². The molecule has 0 spiro atoms. The van der Waals surface area contributed by atoms with Crippen LogP contribution in [0.5, 0.6) is 0 Å². The lowest BCUT2D eigenvalue weighted by atomic mass is 10.0. The molecule has 106 valence electrons. The van der Waals surface area contributed by atoms with E-state index >= 15 is 0 Å². The van der Waals surface area contributed by atoms with Crippen LogP contribution in [0.2, 0.25) is 0 Å². The minimum Gasteiger partial charge on any atom is -0.381 e. The van der Waals surface area contributed by atoms with Crippen molar-refractivity contribution in [3.63, 3.8) is 0 Å². The predicted octanol–water partition coefficient (Wildman–Crippen LogP) is 2.80. The van der Waals surface area contributed by atoms with E-state index in [1.165, 1.54) is 16.7 Å². The molecule has 0 unspecified atom stereocenters. The summed E-state index contributed by atoms with van der Waals surface area (Å²) in [6, 6.07) is 11.4. The van der Waals surface area contributed by atoms with Gasteiger partial charge in [0.1, 0.15) is 0 Å². The van der Waals surface area contributed by atoms with Crippen LogP contribution in [-0.2, 0) is 6.54 Å². The minimum atomic E-state index is -0.328. The Balaban J connectivity index is 1.81. The van der Waals surface area contributed by atoms with Crippen LogP contribution in [-0.4, -0.2) is 11.8 Å². The van der Waals surface area contributed by atoms with Gasteiger partial charge >= 0.3 is 0 Å². The number of benzene rings is 2. The minimum absolute atomic E-state index is 0.323. The van der Waals surface area contributed by atoms with Gasteiger partial charge < -0.3 is 5.32 Å². The van der Waals surface area contributed by atoms with Crippen LogP contribution in [0.25, 0.3) is 0 Å². The molecule has 1 aliphatic rings. The first kappa shape index (κ1) is 13.4. The zero-order valence-corrected chi connectivity index (χ0v) is 12.0. The number of carbonyl (C=O) groups excluding carboxylic acids is 2. The summed E-state index contributed by atoms with van der Waals surface area (Å²) < 4.78 is 0. The van der Waals surface area contributed by atoms with Crippen molar-refractivity contribution >= 4 is 17.5 Å². The molecule has 4 nitrogen and oxygen atoms in total. The SMILES string of the molecule is Cc1cccc(CNc2ccc3c(c2)C(=O)NC3=O)c1C. The Bertz CT molecular complexity index is 750. The fourth-order valence-corrected chi connectivity index (χ4v) is 2.48. The lowest BCUT2D eigenvalue weighted by Gasteiger charge is -2.11. The number of hydrogen-bond acceptors (Lipinski definition) is 3. The van der Waals surface area contributed by atoms with Crippen LogP contribution >= 0.6 is 0 Å². The number of hydrogen-bond donors (Lipinski definition) is 2. The standard InChI is InChI=1S/C17H16N2O2/c1-10-4-3-5-12(11(10)2)9-18-13-6-7-14-15(8-13)17(21)19-16(14)20/h3-8,18H,9H2,1-2H3,(H,19,20,21). The third-order valence-corrected chi connectivity index (χ3v) is 3.94. The van der Waals surface area contributed by atoms with Crippen LogP contribution < -0.4 is 10.6 Å². The molecule has 2 N–H and O–H groups in total. The van der Waals surface area contributed by atoms with Crippen LogP contribution in [0, 0.1) is 13.8 Å². The summed E-state index contributed by atoms with van der Waals surface area (Å²) in [5, 5.41) is 5.60. The Kier molecular flexibility index (Phi) is 3.22. The summed E-state index contributed by atoms with van der Waals surface area (Å²) in [4.78, 5) is 23.1. The molecule has 0 bridgehead atoms. The Morgan fingerprint density at radius 1 is 1.00 bits per heavy atom. The van der Waals surface area contributed by atoms with E-state index in [1.807, 2.05) is 12.1 Å². The molecule has 2 aromatic rings. The molecule has 21 heavy (non-hydrogen) atoms. The molecule has 0 aromatic heterocycles. The van der Waals surface area contributed by atoms with E-state index in [2.05, 4.69) is 36.6 Å². The van der Waals surface area contributed by atoms with Crippen molar-refractivity contribution in [3.8, 4) is 0 Å². The molecule has 1 heterocycles. The van der Waals surface area contributed by atoms with Gasteiger partial charge in [-0.2, -0.15) is 0 Å². The summed E-state index contributed by atoms with van der Waals surface area (Å²) in [5.74, 6) is -0.651. The highest BCUT2D eigenvalue weighted by Gasteiger charge is 2.26. The van der Waals surface area contributed by atoms with Crippen LogP contribution in [0.3, 0.4) is 0 Å². The number of anilines is 1. The summed E-state index contributed by atoms with van der Waals surface area (Å²) in [6.45, 7) is 4.87. The van der Waals surface area contributed by atoms with Gasteiger partial charge in [0, 0.05) is 12.2 Å². The van der Waals surface area contributed by atoms with Gasteiger partial charge in [0.25, 0.3) is 11.8 Å². The van der Waals surface area contributed by atoms with Crippen molar-refractivity contribution in [1.29, 1.82) is 0 Å². The van der Waals surface area contributed by atoms with Crippen molar-refractivity contribution < 1.29 is 9.59 Å². The highest BCUT2D eigenvalue weighted by molar-refractivity contribution is 6.21. The summed E-state index contributed by atoms with van der Waals surface area (Å²) in [7, 11) is 0. The second kappa shape index (κ2) is 5.05. The molecular weight excluding hydrogens is 264 g/mol. The van der Waals surface area contributed by atoms with E-state index in [1.54, 1.807) is 12.1 Å². The summed E-state index contributed by atoms with van der Waals surface area (Å²) >= 11 is 0. The van der Waals surface area contributed by atoms with Gasteiger partial charge in [0.15, 0.2) is 0 Å².